The Morgan fingerprint density at radius 2 is 1.94 bits per heavy atom. The van der Waals surface area contributed by atoms with Crippen LogP contribution in [0.15, 0.2) is 42.0 Å². The average Bonchev–Trinajstić information content (AvgIpc) is 3.28. The lowest BCUT2D eigenvalue weighted by atomic mass is 10.1. The Labute approximate surface area is 213 Å². The summed E-state index contributed by atoms with van der Waals surface area (Å²) in [6, 6.07) is 12.9. The molecule has 0 unspecified atom stereocenters. The average molecular weight is 513 g/mol. The predicted molar refractivity (Wildman–Crippen MR) is 136 cm³/mol. The van der Waals surface area contributed by atoms with Crippen molar-refractivity contribution in [2.45, 2.75) is 26.7 Å². The third kappa shape index (κ3) is 7.44. The van der Waals surface area contributed by atoms with E-state index in [2.05, 4.69) is 15.5 Å². The van der Waals surface area contributed by atoms with Crippen LogP contribution in [-0.4, -0.2) is 36.4 Å². The summed E-state index contributed by atoms with van der Waals surface area (Å²) in [5.74, 6) is 0.870. The lowest BCUT2D eigenvalue weighted by Gasteiger charge is -2.14. The molecule has 0 bridgehead atoms. The summed E-state index contributed by atoms with van der Waals surface area (Å²) in [7, 11) is 1.48. The minimum atomic E-state index is -0.588. The Morgan fingerprint density at radius 1 is 1.20 bits per heavy atom. The fourth-order valence-corrected chi connectivity index (χ4v) is 4.11. The number of nitrogens with one attached hydrogen (secondary N) is 1. The molecule has 0 aliphatic heterocycles. The first-order chi connectivity index (χ1) is 16.9. The maximum atomic E-state index is 12.6. The zero-order chi connectivity index (χ0) is 25.2. The van der Waals surface area contributed by atoms with Crippen molar-refractivity contribution in [3.05, 3.63) is 63.1 Å². The molecule has 1 amide bonds. The van der Waals surface area contributed by atoms with Crippen molar-refractivity contribution < 1.29 is 19.0 Å². The van der Waals surface area contributed by atoms with Crippen LogP contribution in [0.1, 0.15) is 29.5 Å². The molecule has 0 saturated heterocycles. The minimum absolute atomic E-state index is 0.115. The van der Waals surface area contributed by atoms with Crippen LogP contribution in [0.5, 0.6) is 17.2 Å². The summed E-state index contributed by atoms with van der Waals surface area (Å²) in [5.41, 5.74) is 1.54. The number of carbonyl (C=O) groups is 1. The number of halogens is 1. The molecule has 1 aromatic heterocycles. The third-order valence-electron chi connectivity index (χ3n) is 4.70. The first-order valence-electron chi connectivity index (χ1n) is 10.9. The lowest BCUT2D eigenvalue weighted by Crippen LogP contribution is -2.13. The number of carbonyl (C=O) groups excluding carboxylic acids is 1. The van der Waals surface area contributed by atoms with Gasteiger partial charge in [0.05, 0.1) is 12.1 Å². The van der Waals surface area contributed by atoms with E-state index in [1.165, 1.54) is 24.5 Å². The molecule has 0 fully saturated rings. The first-order valence-corrected chi connectivity index (χ1v) is 12.1. The second-order valence-corrected chi connectivity index (χ2v) is 8.89. The smallest absolute Gasteiger partial charge is 0.268 e. The van der Waals surface area contributed by atoms with Gasteiger partial charge in [-0.3, -0.25) is 10.1 Å². The van der Waals surface area contributed by atoms with Crippen molar-refractivity contribution in [2.24, 2.45) is 0 Å². The number of anilines is 1. The molecule has 0 spiro atoms. The van der Waals surface area contributed by atoms with Gasteiger partial charge in [0, 0.05) is 6.42 Å². The molecule has 182 valence electrons. The van der Waals surface area contributed by atoms with Crippen molar-refractivity contribution in [3.63, 3.8) is 0 Å². The van der Waals surface area contributed by atoms with E-state index < -0.39 is 5.91 Å². The Balaban J connectivity index is 1.67. The molecule has 0 radical (unpaired) electrons. The quantitative estimate of drug-likeness (QED) is 0.206. The normalized spacial score (nSPS) is 11.0. The SMILES string of the molecule is CCCc1nnc(NC(=O)/C(C#N)=C\c2cc(Cl)c(OCCOc3ccc(C)cc3)c(OC)c2)s1. The molecule has 3 rings (SSSR count). The van der Waals surface area contributed by atoms with Gasteiger partial charge in [0.2, 0.25) is 5.13 Å². The number of aromatic nitrogens is 2. The van der Waals surface area contributed by atoms with Gasteiger partial charge in [-0.2, -0.15) is 5.26 Å². The van der Waals surface area contributed by atoms with Crippen LogP contribution in [0.2, 0.25) is 5.02 Å². The minimum Gasteiger partial charge on any atom is -0.493 e. The van der Waals surface area contributed by atoms with Gasteiger partial charge >= 0.3 is 0 Å². The number of hydrogen-bond donors (Lipinski definition) is 1. The predicted octanol–water partition coefficient (Wildman–Crippen LogP) is 5.46. The van der Waals surface area contributed by atoms with Gasteiger partial charge < -0.3 is 14.2 Å². The zero-order valence-corrected chi connectivity index (χ0v) is 21.2. The summed E-state index contributed by atoms with van der Waals surface area (Å²) in [4.78, 5) is 12.6. The molecule has 0 saturated carbocycles. The topological polar surface area (TPSA) is 106 Å². The number of hydrogen-bond acceptors (Lipinski definition) is 8. The molecular formula is C25H25ClN4O4S. The Hall–Kier alpha value is -3.61. The van der Waals surface area contributed by atoms with Crippen molar-refractivity contribution in [1.82, 2.24) is 10.2 Å². The molecule has 3 aromatic rings. The highest BCUT2D eigenvalue weighted by atomic mass is 35.5. The number of aryl methyl sites for hydroxylation is 2. The standard InChI is InChI=1S/C25H25ClN4O4S/c1-4-5-22-29-30-25(35-22)28-24(31)18(15-27)12-17-13-20(26)23(21(14-17)32-3)34-11-10-33-19-8-6-16(2)7-9-19/h6-9,12-14H,4-5,10-11H2,1-3H3,(H,28,30,31)/b18-12-. The van der Waals surface area contributed by atoms with E-state index in [1.54, 1.807) is 12.1 Å². The van der Waals surface area contributed by atoms with Crippen molar-refractivity contribution >= 4 is 40.1 Å². The Kier molecular flexibility index (Phi) is 9.47. The number of ether oxygens (including phenoxy) is 3. The van der Waals surface area contributed by atoms with E-state index in [9.17, 15) is 10.1 Å². The second kappa shape index (κ2) is 12.7. The van der Waals surface area contributed by atoms with Gasteiger partial charge in [0.15, 0.2) is 11.5 Å². The number of amides is 1. The summed E-state index contributed by atoms with van der Waals surface area (Å²) < 4.78 is 16.9. The van der Waals surface area contributed by atoms with Crippen molar-refractivity contribution in [3.8, 4) is 23.3 Å². The van der Waals surface area contributed by atoms with E-state index in [0.717, 1.165) is 29.2 Å². The fourth-order valence-electron chi connectivity index (χ4n) is 3.00. The maximum Gasteiger partial charge on any atom is 0.268 e. The lowest BCUT2D eigenvalue weighted by molar-refractivity contribution is -0.112. The van der Waals surface area contributed by atoms with Crippen LogP contribution >= 0.6 is 22.9 Å². The van der Waals surface area contributed by atoms with Crippen LogP contribution in [0.3, 0.4) is 0 Å². The number of benzene rings is 2. The molecule has 10 heteroatoms. The number of nitriles is 1. The van der Waals surface area contributed by atoms with E-state index in [0.29, 0.717) is 28.8 Å². The Morgan fingerprint density at radius 3 is 2.63 bits per heavy atom. The van der Waals surface area contributed by atoms with Crippen LogP contribution in [0.4, 0.5) is 5.13 Å². The fraction of sp³-hybridized carbons (Fsp3) is 0.280. The monoisotopic (exact) mass is 512 g/mol. The van der Waals surface area contributed by atoms with E-state index in [4.69, 9.17) is 25.8 Å². The zero-order valence-electron chi connectivity index (χ0n) is 19.6. The van der Waals surface area contributed by atoms with Gasteiger partial charge in [0.25, 0.3) is 5.91 Å². The van der Waals surface area contributed by atoms with Gasteiger partial charge in [-0.15, -0.1) is 10.2 Å². The van der Waals surface area contributed by atoms with Crippen LogP contribution < -0.4 is 19.5 Å². The molecule has 0 aliphatic carbocycles. The van der Waals surface area contributed by atoms with Gasteiger partial charge in [-0.25, -0.2) is 0 Å². The highest BCUT2D eigenvalue weighted by molar-refractivity contribution is 7.15. The molecule has 35 heavy (non-hydrogen) atoms. The highest BCUT2D eigenvalue weighted by Gasteiger charge is 2.16. The van der Waals surface area contributed by atoms with Crippen molar-refractivity contribution in [1.29, 1.82) is 5.26 Å². The van der Waals surface area contributed by atoms with Crippen LogP contribution in [0.25, 0.3) is 6.08 Å². The van der Waals surface area contributed by atoms with E-state index in [-0.39, 0.29) is 17.2 Å². The molecule has 0 aliphatic rings. The number of rotatable bonds is 11. The first kappa shape index (κ1) is 26.0. The third-order valence-corrected chi connectivity index (χ3v) is 5.88. The van der Waals surface area contributed by atoms with Crippen LogP contribution in [-0.2, 0) is 11.2 Å². The van der Waals surface area contributed by atoms with Crippen LogP contribution in [0, 0.1) is 18.3 Å². The highest BCUT2D eigenvalue weighted by Crippen LogP contribution is 2.37. The molecular weight excluding hydrogens is 488 g/mol. The largest absolute Gasteiger partial charge is 0.493 e. The second-order valence-electron chi connectivity index (χ2n) is 7.42. The molecule has 8 nitrogen and oxygen atoms in total. The number of nitrogens with zero attached hydrogens (tertiary/aromatic N) is 3. The molecule has 0 atom stereocenters. The molecule has 1 N–H and O–H groups in total. The number of methoxy groups -OCH3 is 1. The molecule has 1 heterocycles. The van der Waals surface area contributed by atoms with E-state index >= 15 is 0 Å². The van der Waals surface area contributed by atoms with Crippen molar-refractivity contribution in [2.75, 3.05) is 25.6 Å². The molecule has 2 aromatic carbocycles. The summed E-state index contributed by atoms with van der Waals surface area (Å²) in [5, 5.41) is 21.5. The Bertz CT molecular complexity index is 1240. The van der Waals surface area contributed by atoms with Gasteiger partial charge in [-0.1, -0.05) is 47.6 Å². The summed E-state index contributed by atoms with van der Waals surface area (Å²) in [6.45, 7) is 4.60. The van der Waals surface area contributed by atoms with Gasteiger partial charge in [0.1, 0.15) is 35.6 Å². The van der Waals surface area contributed by atoms with Gasteiger partial charge in [-0.05, 0) is 49.2 Å². The summed E-state index contributed by atoms with van der Waals surface area (Å²) >= 11 is 7.70. The maximum absolute atomic E-state index is 12.6. The summed E-state index contributed by atoms with van der Waals surface area (Å²) in [6.07, 6.45) is 3.12. The van der Waals surface area contributed by atoms with E-state index in [1.807, 2.05) is 44.2 Å².